The van der Waals surface area contributed by atoms with Crippen molar-refractivity contribution in [1.29, 1.82) is 0 Å². The molecule has 0 saturated heterocycles. The van der Waals surface area contributed by atoms with E-state index in [1.807, 2.05) is 91.9 Å². The smallest absolute Gasteiger partial charge is 0.408 e. The molecule has 0 heterocycles. The van der Waals surface area contributed by atoms with Gasteiger partial charge in [0, 0.05) is 12.8 Å². The van der Waals surface area contributed by atoms with Crippen molar-refractivity contribution in [2.45, 2.75) is 38.5 Å². The van der Waals surface area contributed by atoms with Crippen LogP contribution < -0.4 is 10.6 Å². The van der Waals surface area contributed by atoms with Gasteiger partial charge in [0.15, 0.2) is 0 Å². The van der Waals surface area contributed by atoms with E-state index in [-0.39, 0.29) is 19.4 Å². The van der Waals surface area contributed by atoms with Crippen LogP contribution in [0.1, 0.15) is 22.3 Å². The summed E-state index contributed by atoms with van der Waals surface area (Å²) in [4.78, 5) is 37.4. The van der Waals surface area contributed by atoms with Gasteiger partial charge in [0.25, 0.3) is 0 Å². The highest BCUT2D eigenvalue weighted by Crippen LogP contribution is 2.11. The molecule has 3 N–H and O–H groups in total. The Morgan fingerprint density at radius 2 is 1.35 bits per heavy atom. The number of rotatable bonds is 10. The Kier molecular flexibility index (Phi) is 8.80. The zero-order valence-corrected chi connectivity index (χ0v) is 18.9. The van der Waals surface area contributed by atoms with Gasteiger partial charge in [0.1, 0.15) is 18.7 Å². The van der Waals surface area contributed by atoms with Gasteiger partial charge in [-0.1, -0.05) is 84.9 Å². The SMILES string of the molecule is Cc1ccccc1C[C@@H](NC(=O)[C@H](Cc1ccccc1)NC(=O)OCc1ccccc1)C(=O)O. The predicted molar refractivity (Wildman–Crippen MR) is 128 cm³/mol. The van der Waals surface area contributed by atoms with E-state index < -0.39 is 30.1 Å². The minimum atomic E-state index is -1.15. The molecule has 3 aromatic carbocycles. The maximum atomic E-state index is 13.1. The molecule has 7 heteroatoms. The van der Waals surface area contributed by atoms with Gasteiger partial charge >= 0.3 is 12.1 Å². The van der Waals surface area contributed by atoms with Crippen LogP contribution in [0.4, 0.5) is 4.79 Å². The number of alkyl carbamates (subject to hydrolysis) is 1. The van der Waals surface area contributed by atoms with Gasteiger partial charge in [-0.2, -0.15) is 0 Å². The summed E-state index contributed by atoms with van der Waals surface area (Å²) in [6, 6.07) is 23.6. The Hall–Kier alpha value is -4.13. The van der Waals surface area contributed by atoms with E-state index in [0.717, 1.165) is 22.3 Å². The van der Waals surface area contributed by atoms with Crippen molar-refractivity contribution in [2.24, 2.45) is 0 Å². The largest absolute Gasteiger partial charge is 0.480 e. The summed E-state index contributed by atoms with van der Waals surface area (Å²) >= 11 is 0. The van der Waals surface area contributed by atoms with E-state index in [4.69, 9.17) is 4.74 Å². The van der Waals surface area contributed by atoms with Crippen LogP contribution in [0.25, 0.3) is 0 Å². The van der Waals surface area contributed by atoms with Crippen LogP contribution in [-0.4, -0.2) is 35.2 Å². The van der Waals surface area contributed by atoms with Gasteiger partial charge in [-0.25, -0.2) is 9.59 Å². The topological polar surface area (TPSA) is 105 Å². The van der Waals surface area contributed by atoms with Crippen molar-refractivity contribution in [3.05, 3.63) is 107 Å². The highest BCUT2D eigenvalue weighted by molar-refractivity contribution is 5.89. The lowest BCUT2D eigenvalue weighted by Crippen LogP contribution is -2.53. The first-order valence-electron chi connectivity index (χ1n) is 11.0. The Morgan fingerprint density at radius 1 is 0.765 bits per heavy atom. The summed E-state index contributed by atoms with van der Waals surface area (Å²) in [5.74, 6) is -1.75. The van der Waals surface area contributed by atoms with E-state index in [2.05, 4.69) is 10.6 Å². The first-order valence-corrected chi connectivity index (χ1v) is 11.0. The van der Waals surface area contributed by atoms with E-state index >= 15 is 0 Å². The molecule has 34 heavy (non-hydrogen) atoms. The molecule has 0 aromatic heterocycles. The van der Waals surface area contributed by atoms with E-state index in [1.54, 1.807) is 0 Å². The molecule has 7 nitrogen and oxygen atoms in total. The van der Waals surface area contributed by atoms with Crippen LogP contribution in [0.15, 0.2) is 84.9 Å². The lowest BCUT2D eigenvalue weighted by molar-refractivity contribution is -0.142. The number of ether oxygens (including phenoxy) is 1. The molecule has 0 unspecified atom stereocenters. The van der Waals surface area contributed by atoms with Crippen LogP contribution >= 0.6 is 0 Å². The van der Waals surface area contributed by atoms with Crippen molar-refractivity contribution in [3.8, 4) is 0 Å². The number of carbonyl (C=O) groups excluding carboxylic acids is 2. The number of aliphatic carboxylic acids is 1. The average Bonchev–Trinajstić information content (AvgIpc) is 2.84. The molecular weight excluding hydrogens is 432 g/mol. The van der Waals surface area contributed by atoms with Crippen molar-refractivity contribution < 1.29 is 24.2 Å². The van der Waals surface area contributed by atoms with E-state index in [0.29, 0.717) is 0 Å². The Balaban J connectivity index is 1.70. The quantitative estimate of drug-likeness (QED) is 0.428. The molecule has 2 atom stereocenters. The Labute approximate surface area is 198 Å². The number of carboxylic acid groups (broad SMARTS) is 1. The van der Waals surface area contributed by atoms with Gasteiger partial charge in [-0.15, -0.1) is 0 Å². The second kappa shape index (κ2) is 12.2. The van der Waals surface area contributed by atoms with Crippen LogP contribution in [0.2, 0.25) is 0 Å². The summed E-state index contributed by atoms with van der Waals surface area (Å²) in [7, 11) is 0. The fourth-order valence-electron chi connectivity index (χ4n) is 3.50. The first kappa shape index (κ1) is 24.5. The van der Waals surface area contributed by atoms with Gasteiger partial charge in [0.05, 0.1) is 0 Å². The summed E-state index contributed by atoms with van der Waals surface area (Å²) in [6.45, 7) is 1.94. The minimum absolute atomic E-state index is 0.0530. The van der Waals surface area contributed by atoms with Crippen LogP contribution in [-0.2, 0) is 33.8 Å². The number of aryl methyl sites for hydroxylation is 1. The molecule has 0 aliphatic carbocycles. The zero-order chi connectivity index (χ0) is 24.3. The molecule has 176 valence electrons. The number of hydrogen-bond donors (Lipinski definition) is 3. The molecule has 3 aromatic rings. The summed E-state index contributed by atoms with van der Waals surface area (Å²) in [5.41, 5.74) is 3.39. The van der Waals surface area contributed by atoms with E-state index in [1.165, 1.54) is 0 Å². The molecule has 0 spiro atoms. The van der Waals surface area contributed by atoms with Crippen LogP contribution in [0, 0.1) is 6.92 Å². The van der Waals surface area contributed by atoms with Crippen LogP contribution in [0.3, 0.4) is 0 Å². The van der Waals surface area contributed by atoms with Crippen molar-refractivity contribution in [2.75, 3.05) is 0 Å². The van der Waals surface area contributed by atoms with Crippen molar-refractivity contribution >= 4 is 18.0 Å². The molecular formula is C27H28N2O5. The van der Waals surface area contributed by atoms with Gasteiger partial charge in [-0.3, -0.25) is 4.79 Å². The minimum Gasteiger partial charge on any atom is -0.480 e. The molecule has 0 aliphatic rings. The molecule has 3 rings (SSSR count). The second-order valence-electron chi connectivity index (χ2n) is 7.98. The summed E-state index contributed by atoms with van der Waals surface area (Å²) in [6.07, 6.45) is -0.445. The maximum Gasteiger partial charge on any atom is 0.408 e. The predicted octanol–water partition coefficient (Wildman–Crippen LogP) is 3.64. The molecule has 0 bridgehead atoms. The number of carboxylic acids is 1. The lowest BCUT2D eigenvalue weighted by atomic mass is 10.00. The average molecular weight is 461 g/mol. The van der Waals surface area contributed by atoms with E-state index in [9.17, 15) is 19.5 Å². The van der Waals surface area contributed by atoms with Crippen molar-refractivity contribution in [1.82, 2.24) is 10.6 Å². The molecule has 0 aliphatic heterocycles. The number of hydrogen-bond acceptors (Lipinski definition) is 4. The highest BCUT2D eigenvalue weighted by atomic mass is 16.5. The molecule has 0 fully saturated rings. The second-order valence-corrected chi connectivity index (χ2v) is 7.98. The van der Waals surface area contributed by atoms with Crippen LogP contribution in [0.5, 0.6) is 0 Å². The third-order valence-corrected chi connectivity index (χ3v) is 5.40. The number of amides is 2. The number of nitrogens with one attached hydrogen (secondary N) is 2. The van der Waals surface area contributed by atoms with Gasteiger partial charge in [-0.05, 0) is 29.2 Å². The number of benzene rings is 3. The lowest BCUT2D eigenvalue weighted by Gasteiger charge is -2.22. The summed E-state index contributed by atoms with van der Waals surface area (Å²) in [5, 5.41) is 14.9. The maximum absolute atomic E-state index is 13.1. The summed E-state index contributed by atoms with van der Waals surface area (Å²) < 4.78 is 5.26. The fraction of sp³-hybridized carbons (Fsp3) is 0.222. The monoisotopic (exact) mass is 460 g/mol. The Morgan fingerprint density at radius 3 is 1.97 bits per heavy atom. The van der Waals surface area contributed by atoms with Gasteiger partial charge in [0.2, 0.25) is 5.91 Å². The van der Waals surface area contributed by atoms with Gasteiger partial charge < -0.3 is 20.5 Å². The first-order chi connectivity index (χ1) is 16.4. The van der Waals surface area contributed by atoms with Crippen molar-refractivity contribution in [3.63, 3.8) is 0 Å². The Bertz CT molecular complexity index is 1100. The fourth-order valence-corrected chi connectivity index (χ4v) is 3.50. The highest BCUT2D eigenvalue weighted by Gasteiger charge is 2.27. The number of carbonyl (C=O) groups is 3. The molecule has 2 amide bonds. The zero-order valence-electron chi connectivity index (χ0n) is 18.9. The standard InChI is InChI=1S/C27H28N2O5/c1-19-10-8-9-15-22(19)17-24(26(31)32)28-25(30)23(16-20-11-4-2-5-12-20)29-27(33)34-18-21-13-6-3-7-14-21/h2-15,23-24H,16-18H2,1H3,(H,28,30)(H,29,33)(H,31,32)/t23-,24+/m0/s1. The third-order valence-electron chi connectivity index (χ3n) is 5.40. The molecule has 0 saturated carbocycles. The normalized spacial score (nSPS) is 12.3. The molecule has 0 radical (unpaired) electrons. The third kappa shape index (κ3) is 7.48.